The zero-order chi connectivity index (χ0) is 13.1. The minimum absolute atomic E-state index is 0.788. The highest BCUT2D eigenvalue weighted by Gasteiger charge is 2.07. The fourth-order valence-electron chi connectivity index (χ4n) is 2.19. The summed E-state index contributed by atoms with van der Waals surface area (Å²) in [4.78, 5) is 0. The van der Waals surface area contributed by atoms with Crippen LogP contribution in [0.1, 0.15) is 17.0 Å². The van der Waals surface area contributed by atoms with Gasteiger partial charge in [0, 0.05) is 12.1 Å². The monoisotopic (exact) mass is 249 g/mol. The van der Waals surface area contributed by atoms with Crippen LogP contribution in [0.2, 0.25) is 0 Å². The second kappa shape index (κ2) is 5.06. The summed E-state index contributed by atoms with van der Waals surface area (Å²) in [7, 11) is 0. The minimum atomic E-state index is 0.788. The molecule has 0 aliphatic rings. The smallest absolute Gasteiger partial charge is 0.141 e. The quantitative estimate of drug-likeness (QED) is 0.713. The molecular weight excluding hydrogens is 234 g/mol. The summed E-state index contributed by atoms with van der Waals surface area (Å²) in [6.45, 7) is 2.10. The molecule has 3 nitrogen and oxygen atoms in total. The molecule has 3 rings (SSSR count). The second-order valence-electron chi connectivity index (χ2n) is 4.62. The average Bonchev–Trinajstić information content (AvgIpc) is 2.88. The van der Waals surface area contributed by atoms with Gasteiger partial charge < -0.3 is 0 Å². The first-order chi connectivity index (χ1) is 9.33. The summed E-state index contributed by atoms with van der Waals surface area (Å²) in [5.41, 5.74) is 3.61. The predicted octanol–water partition coefficient (Wildman–Crippen LogP) is 3.17. The van der Waals surface area contributed by atoms with Gasteiger partial charge in [-0.2, -0.15) is 0 Å². The van der Waals surface area contributed by atoms with Gasteiger partial charge in [-0.05, 0) is 24.6 Å². The van der Waals surface area contributed by atoms with Crippen molar-refractivity contribution < 1.29 is 0 Å². The molecule has 0 bridgehead atoms. The lowest BCUT2D eigenvalue weighted by molar-refractivity contribution is 0.905. The van der Waals surface area contributed by atoms with Crippen LogP contribution in [0.4, 0.5) is 0 Å². The summed E-state index contributed by atoms with van der Waals surface area (Å²) in [6.07, 6.45) is 2.55. The number of aryl methyl sites for hydroxylation is 1. The van der Waals surface area contributed by atoms with Crippen molar-refractivity contribution in [3.8, 4) is 5.69 Å². The van der Waals surface area contributed by atoms with Gasteiger partial charge in [-0.3, -0.25) is 4.57 Å². The van der Waals surface area contributed by atoms with Crippen LogP contribution in [0.5, 0.6) is 0 Å². The van der Waals surface area contributed by atoms with Crippen molar-refractivity contribution >= 4 is 0 Å². The summed E-state index contributed by atoms with van der Waals surface area (Å²) in [5, 5.41) is 8.26. The van der Waals surface area contributed by atoms with Gasteiger partial charge in [0.05, 0.1) is 0 Å². The van der Waals surface area contributed by atoms with E-state index in [1.54, 1.807) is 6.33 Å². The van der Waals surface area contributed by atoms with Crippen molar-refractivity contribution in [1.82, 2.24) is 14.8 Å². The number of benzene rings is 2. The molecule has 0 saturated carbocycles. The molecule has 3 heteroatoms. The van der Waals surface area contributed by atoms with E-state index in [9.17, 15) is 0 Å². The molecule has 0 fully saturated rings. The van der Waals surface area contributed by atoms with Gasteiger partial charge in [0.25, 0.3) is 0 Å². The van der Waals surface area contributed by atoms with E-state index in [1.165, 1.54) is 11.1 Å². The van der Waals surface area contributed by atoms with Crippen LogP contribution in [0.3, 0.4) is 0 Å². The Morgan fingerprint density at radius 2 is 1.84 bits per heavy atom. The zero-order valence-electron chi connectivity index (χ0n) is 10.8. The lowest BCUT2D eigenvalue weighted by atomic mass is 10.1. The Hall–Kier alpha value is -2.42. The number of hydrogen-bond acceptors (Lipinski definition) is 2. The third kappa shape index (κ3) is 2.55. The first-order valence-electron chi connectivity index (χ1n) is 6.33. The molecule has 0 amide bonds. The average molecular weight is 249 g/mol. The van der Waals surface area contributed by atoms with Gasteiger partial charge in [0.15, 0.2) is 0 Å². The van der Waals surface area contributed by atoms with Crippen LogP contribution >= 0.6 is 0 Å². The number of rotatable bonds is 3. The normalized spacial score (nSPS) is 10.6. The maximum atomic E-state index is 4.23. The van der Waals surface area contributed by atoms with Crippen LogP contribution in [-0.4, -0.2) is 14.8 Å². The Morgan fingerprint density at radius 1 is 1.00 bits per heavy atom. The van der Waals surface area contributed by atoms with E-state index in [-0.39, 0.29) is 0 Å². The van der Waals surface area contributed by atoms with Crippen molar-refractivity contribution in [2.75, 3.05) is 0 Å². The highest BCUT2D eigenvalue weighted by Crippen LogP contribution is 2.13. The van der Waals surface area contributed by atoms with E-state index in [1.807, 2.05) is 22.8 Å². The molecule has 94 valence electrons. The van der Waals surface area contributed by atoms with Crippen LogP contribution in [-0.2, 0) is 6.42 Å². The van der Waals surface area contributed by atoms with Crippen molar-refractivity contribution in [1.29, 1.82) is 0 Å². The lowest BCUT2D eigenvalue weighted by Crippen LogP contribution is -2.01. The molecule has 0 unspecified atom stereocenters. The Labute approximate surface area is 112 Å². The Kier molecular flexibility index (Phi) is 3.11. The van der Waals surface area contributed by atoms with E-state index >= 15 is 0 Å². The van der Waals surface area contributed by atoms with Crippen LogP contribution in [0.15, 0.2) is 60.9 Å². The summed E-state index contributed by atoms with van der Waals surface area (Å²) in [5.74, 6) is 0.955. The molecule has 3 aromatic rings. The summed E-state index contributed by atoms with van der Waals surface area (Å²) in [6, 6.07) is 18.7. The largest absolute Gasteiger partial charge is 0.285 e. The molecular formula is C16H15N3. The van der Waals surface area contributed by atoms with Gasteiger partial charge in [0.1, 0.15) is 12.2 Å². The number of hydrogen-bond donors (Lipinski definition) is 0. The van der Waals surface area contributed by atoms with Crippen molar-refractivity contribution in [2.45, 2.75) is 13.3 Å². The highest BCUT2D eigenvalue weighted by molar-refractivity contribution is 5.33. The first-order valence-corrected chi connectivity index (χ1v) is 6.33. The van der Waals surface area contributed by atoms with E-state index in [4.69, 9.17) is 0 Å². The van der Waals surface area contributed by atoms with Gasteiger partial charge in [0.2, 0.25) is 0 Å². The molecule has 1 heterocycles. The van der Waals surface area contributed by atoms with Crippen LogP contribution in [0.25, 0.3) is 5.69 Å². The first kappa shape index (κ1) is 11.7. The topological polar surface area (TPSA) is 30.7 Å². The zero-order valence-corrected chi connectivity index (χ0v) is 10.8. The SMILES string of the molecule is Cc1cccc(Cc2nncn2-c2ccccc2)c1. The van der Waals surface area contributed by atoms with Gasteiger partial charge >= 0.3 is 0 Å². The molecule has 19 heavy (non-hydrogen) atoms. The maximum Gasteiger partial charge on any atom is 0.141 e. The summed E-state index contributed by atoms with van der Waals surface area (Å²) >= 11 is 0. The molecule has 0 radical (unpaired) electrons. The fourth-order valence-corrected chi connectivity index (χ4v) is 2.19. The number of para-hydroxylation sites is 1. The van der Waals surface area contributed by atoms with Crippen molar-refractivity contribution in [2.24, 2.45) is 0 Å². The summed E-state index contributed by atoms with van der Waals surface area (Å²) < 4.78 is 2.03. The molecule has 0 aliphatic carbocycles. The van der Waals surface area contributed by atoms with Gasteiger partial charge in [-0.25, -0.2) is 0 Å². The molecule has 0 atom stereocenters. The number of aromatic nitrogens is 3. The molecule has 1 aromatic heterocycles. The van der Waals surface area contributed by atoms with Crippen molar-refractivity contribution in [3.05, 3.63) is 77.9 Å². The third-order valence-electron chi connectivity index (χ3n) is 3.10. The molecule has 2 aromatic carbocycles. The highest BCUT2D eigenvalue weighted by atomic mass is 15.3. The Balaban J connectivity index is 1.93. The standard InChI is InChI=1S/C16H15N3/c1-13-6-5-7-14(10-13)11-16-18-17-12-19(16)15-8-3-2-4-9-15/h2-10,12H,11H2,1H3. The van der Waals surface area contributed by atoms with Crippen molar-refractivity contribution in [3.63, 3.8) is 0 Å². The predicted molar refractivity (Wildman–Crippen MR) is 75.3 cm³/mol. The van der Waals surface area contributed by atoms with Crippen LogP contribution < -0.4 is 0 Å². The number of nitrogens with zero attached hydrogens (tertiary/aromatic N) is 3. The fraction of sp³-hybridized carbons (Fsp3) is 0.125. The molecule has 0 spiro atoms. The van der Waals surface area contributed by atoms with Gasteiger partial charge in [-0.1, -0.05) is 48.0 Å². The van der Waals surface area contributed by atoms with E-state index < -0.39 is 0 Å². The second-order valence-corrected chi connectivity index (χ2v) is 4.62. The Morgan fingerprint density at radius 3 is 2.63 bits per heavy atom. The molecule has 0 aliphatic heterocycles. The maximum absolute atomic E-state index is 4.23. The van der Waals surface area contributed by atoms with Gasteiger partial charge in [-0.15, -0.1) is 10.2 Å². The van der Waals surface area contributed by atoms with E-state index in [2.05, 4.69) is 53.5 Å². The Bertz CT molecular complexity index is 671. The lowest BCUT2D eigenvalue weighted by Gasteiger charge is -2.06. The molecule has 0 saturated heterocycles. The molecule has 0 N–H and O–H groups in total. The minimum Gasteiger partial charge on any atom is -0.285 e. The van der Waals surface area contributed by atoms with E-state index in [0.717, 1.165) is 17.9 Å². The van der Waals surface area contributed by atoms with Crippen LogP contribution in [0, 0.1) is 6.92 Å². The van der Waals surface area contributed by atoms with E-state index in [0.29, 0.717) is 0 Å². The third-order valence-corrected chi connectivity index (χ3v) is 3.10.